The van der Waals surface area contributed by atoms with Crippen molar-refractivity contribution in [3.05, 3.63) is 133 Å². The number of aryl methyl sites for hydroxylation is 1. The van der Waals surface area contributed by atoms with Gasteiger partial charge in [-0.25, -0.2) is 4.98 Å². The Bertz CT molecular complexity index is 2490. The summed E-state index contributed by atoms with van der Waals surface area (Å²) in [7, 11) is 0. The summed E-state index contributed by atoms with van der Waals surface area (Å²) < 4.78 is 4.56. The van der Waals surface area contributed by atoms with Gasteiger partial charge in [0.05, 0.1) is 27.2 Å². The second-order valence-corrected chi connectivity index (χ2v) is 11.9. The van der Waals surface area contributed by atoms with Crippen LogP contribution in [0.5, 0.6) is 0 Å². The smallest absolute Gasteiger partial charge is 0.137 e. The maximum Gasteiger partial charge on any atom is 0.137 e. The standard InChI is InChI=1S/C37H23N4S.Ir/c1-23-19-31-27-11-2-3-13-29(27)36-39-22-34(41(36)37(31)42-23)26-10-8-9-24(20-26)25-16-17-33-30(21-25)28-12-4-5-14-32(28)40(33)35-15-6-7-18-38-35;/h2-12,14-22H,1H3;/q-1;. The van der Waals surface area contributed by atoms with E-state index in [2.05, 4.69) is 118 Å². The van der Waals surface area contributed by atoms with Crippen molar-refractivity contribution in [1.82, 2.24) is 18.9 Å². The number of hydrogen-bond acceptors (Lipinski definition) is 3. The van der Waals surface area contributed by atoms with E-state index in [1.165, 1.54) is 42.4 Å². The maximum atomic E-state index is 4.92. The molecule has 43 heavy (non-hydrogen) atoms. The zero-order valence-electron chi connectivity index (χ0n) is 23.1. The summed E-state index contributed by atoms with van der Waals surface area (Å²) >= 11 is 1.82. The van der Waals surface area contributed by atoms with Crippen LogP contribution in [0.3, 0.4) is 0 Å². The second-order valence-electron chi connectivity index (χ2n) is 10.7. The molecule has 0 aliphatic heterocycles. The zero-order valence-corrected chi connectivity index (χ0v) is 26.3. The molecule has 0 N–H and O–H groups in total. The van der Waals surface area contributed by atoms with Crippen LogP contribution in [0.1, 0.15) is 4.88 Å². The number of para-hydroxylation sites is 1. The van der Waals surface area contributed by atoms with Gasteiger partial charge in [0.2, 0.25) is 0 Å². The molecule has 0 spiro atoms. The van der Waals surface area contributed by atoms with E-state index in [0.717, 1.165) is 39.1 Å². The van der Waals surface area contributed by atoms with E-state index in [4.69, 9.17) is 4.98 Å². The first-order chi connectivity index (χ1) is 20.7. The summed E-state index contributed by atoms with van der Waals surface area (Å²) in [5.74, 6) is 0.922. The van der Waals surface area contributed by atoms with Crippen molar-refractivity contribution in [3.63, 3.8) is 0 Å². The molecule has 4 aromatic carbocycles. The molecule has 0 fully saturated rings. The van der Waals surface area contributed by atoms with Crippen LogP contribution >= 0.6 is 11.3 Å². The summed E-state index contributed by atoms with van der Waals surface area (Å²) in [6.07, 6.45) is 3.86. The molecular weight excluding hydrogens is 725 g/mol. The van der Waals surface area contributed by atoms with E-state index in [-0.39, 0.29) is 20.1 Å². The zero-order chi connectivity index (χ0) is 27.8. The molecule has 0 saturated heterocycles. The van der Waals surface area contributed by atoms with Crippen molar-refractivity contribution >= 4 is 59.8 Å². The van der Waals surface area contributed by atoms with E-state index in [9.17, 15) is 0 Å². The van der Waals surface area contributed by atoms with Crippen molar-refractivity contribution in [2.75, 3.05) is 0 Å². The van der Waals surface area contributed by atoms with Gasteiger partial charge in [0.1, 0.15) is 5.82 Å². The van der Waals surface area contributed by atoms with Crippen molar-refractivity contribution < 1.29 is 20.1 Å². The molecule has 5 heterocycles. The van der Waals surface area contributed by atoms with Crippen LogP contribution in [0.2, 0.25) is 0 Å². The molecule has 9 aromatic rings. The predicted molar refractivity (Wildman–Crippen MR) is 175 cm³/mol. The maximum absolute atomic E-state index is 4.92. The third-order valence-corrected chi connectivity index (χ3v) is 9.25. The summed E-state index contributed by atoms with van der Waals surface area (Å²) in [6, 6.07) is 42.1. The molecule has 0 unspecified atom stereocenters. The molecule has 207 valence electrons. The SMILES string of the molecule is Cc1cc2c3ccc[c-]c3c3ncc(-c4cccc(-c5ccc6c(c5)c5ccccc5n6-c5ccccn5)c4)n3c2s1.[Ir]. The van der Waals surface area contributed by atoms with Gasteiger partial charge in [-0.3, -0.25) is 9.55 Å². The van der Waals surface area contributed by atoms with Crippen LogP contribution in [-0.4, -0.2) is 18.9 Å². The number of nitrogens with zero attached hydrogens (tertiary/aromatic N) is 4. The fraction of sp³-hybridized carbons (Fsp3) is 0.0270. The van der Waals surface area contributed by atoms with Crippen molar-refractivity contribution in [2.45, 2.75) is 6.92 Å². The number of aromatic nitrogens is 4. The molecule has 1 radical (unpaired) electrons. The van der Waals surface area contributed by atoms with Gasteiger partial charge >= 0.3 is 0 Å². The molecule has 0 saturated carbocycles. The Balaban J connectivity index is 0.00000278. The van der Waals surface area contributed by atoms with E-state index >= 15 is 0 Å². The molecule has 0 amide bonds. The Morgan fingerprint density at radius 1 is 0.674 bits per heavy atom. The van der Waals surface area contributed by atoms with E-state index in [0.29, 0.717) is 0 Å². The number of rotatable bonds is 3. The molecule has 0 aliphatic rings. The van der Waals surface area contributed by atoms with E-state index in [1.54, 1.807) is 0 Å². The largest absolute Gasteiger partial charge is 0.325 e. The van der Waals surface area contributed by atoms with Gasteiger partial charge in [0, 0.05) is 48.1 Å². The Morgan fingerprint density at radius 2 is 1.49 bits per heavy atom. The monoisotopic (exact) mass is 748 g/mol. The second kappa shape index (κ2) is 9.99. The van der Waals surface area contributed by atoms with Gasteiger partial charge in [-0.2, -0.15) is 0 Å². The van der Waals surface area contributed by atoms with Crippen molar-refractivity contribution in [2.24, 2.45) is 0 Å². The molecule has 6 heteroatoms. The number of imidazole rings is 1. The first-order valence-electron chi connectivity index (χ1n) is 14.0. The normalized spacial score (nSPS) is 11.7. The topological polar surface area (TPSA) is 35.1 Å². The number of thiophene rings is 1. The molecular formula is C37H23IrN4S-. The quantitative estimate of drug-likeness (QED) is 0.169. The molecule has 9 rings (SSSR count). The molecule has 4 nitrogen and oxygen atoms in total. The Morgan fingerprint density at radius 3 is 2.40 bits per heavy atom. The minimum absolute atomic E-state index is 0. The number of fused-ring (bicyclic) bond motifs is 9. The number of pyridine rings is 2. The fourth-order valence-corrected chi connectivity index (χ4v) is 7.42. The number of hydrogen-bond donors (Lipinski definition) is 0. The van der Waals surface area contributed by atoms with Gasteiger partial charge in [0.15, 0.2) is 0 Å². The van der Waals surface area contributed by atoms with E-state index in [1.807, 2.05) is 41.9 Å². The van der Waals surface area contributed by atoms with Gasteiger partial charge in [-0.05, 0) is 71.5 Å². The van der Waals surface area contributed by atoms with Crippen LogP contribution in [0.15, 0.2) is 122 Å². The third kappa shape index (κ3) is 3.91. The molecule has 0 atom stereocenters. The molecule has 0 bridgehead atoms. The summed E-state index contributed by atoms with van der Waals surface area (Å²) in [6.45, 7) is 2.17. The third-order valence-electron chi connectivity index (χ3n) is 8.21. The van der Waals surface area contributed by atoms with Gasteiger partial charge in [-0.15, -0.1) is 41.0 Å². The predicted octanol–water partition coefficient (Wildman–Crippen LogP) is 9.63. The van der Waals surface area contributed by atoms with Crippen LogP contribution < -0.4 is 0 Å². The first-order valence-corrected chi connectivity index (χ1v) is 14.8. The number of benzene rings is 4. The Hall–Kier alpha value is -4.61. The average molecular weight is 748 g/mol. The summed E-state index contributed by atoms with van der Waals surface area (Å²) in [4.78, 5) is 12.1. The first kappa shape index (κ1) is 26.0. The minimum Gasteiger partial charge on any atom is -0.325 e. The van der Waals surface area contributed by atoms with Gasteiger partial charge in [-0.1, -0.05) is 53.9 Å². The van der Waals surface area contributed by atoms with Crippen LogP contribution in [-0.2, 0) is 20.1 Å². The van der Waals surface area contributed by atoms with Crippen molar-refractivity contribution in [3.8, 4) is 28.2 Å². The Kier molecular flexibility index (Phi) is 6.05. The fourth-order valence-electron chi connectivity index (χ4n) is 6.39. The van der Waals surface area contributed by atoms with Gasteiger partial charge in [0.25, 0.3) is 0 Å². The summed E-state index contributed by atoms with van der Waals surface area (Å²) in [5.41, 5.74) is 7.83. The average Bonchev–Trinajstić information content (AvgIpc) is 3.75. The minimum atomic E-state index is 0. The van der Waals surface area contributed by atoms with Crippen molar-refractivity contribution in [1.29, 1.82) is 0 Å². The summed E-state index contributed by atoms with van der Waals surface area (Å²) in [5, 5.41) is 5.94. The molecule has 5 aromatic heterocycles. The van der Waals surface area contributed by atoms with Crippen LogP contribution in [0.25, 0.3) is 76.6 Å². The van der Waals surface area contributed by atoms with E-state index < -0.39 is 0 Å². The van der Waals surface area contributed by atoms with Gasteiger partial charge < -0.3 is 4.40 Å². The van der Waals surface area contributed by atoms with Crippen LogP contribution in [0.4, 0.5) is 0 Å². The molecule has 0 aliphatic carbocycles. The Labute approximate surface area is 265 Å². The van der Waals surface area contributed by atoms with Crippen LogP contribution in [0, 0.1) is 13.0 Å².